The lowest BCUT2D eigenvalue weighted by Gasteiger charge is -2.31. The van der Waals surface area contributed by atoms with Gasteiger partial charge in [-0.15, -0.1) is 0 Å². The summed E-state index contributed by atoms with van der Waals surface area (Å²) in [6, 6.07) is 10.5. The van der Waals surface area contributed by atoms with E-state index in [1.54, 1.807) is 0 Å². The van der Waals surface area contributed by atoms with Crippen LogP contribution in [0.2, 0.25) is 0 Å². The Labute approximate surface area is 91.5 Å². The number of rotatable bonds is 2. The Balaban J connectivity index is 2.03. The van der Waals surface area contributed by atoms with Crippen molar-refractivity contribution in [1.82, 2.24) is 4.90 Å². The number of hydrogen-bond donors (Lipinski definition) is 1. The maximum atomic E-state index is 4.69. The molecule has 0 N–H and O–H groups in total. The van der Waals surface area contributed by atoms with E-state index in [1.165, 1.54) is 37.9 Å². The first-order chi connectivity index (χ1) is 6.88. The average Bonchev–Trinajstić information content (AvgIpc) is 2.30. The van der Waals surface area contributed by atoms with Gasteiger partial charge in [-0.25, -0.2) is 0 Å². The summed E-state index contributed by atoms with van der Waals surface area (Å²) in [5.74, 6) is 0. The Morgan fingerprint density at radius 2 is 1.64 bits per heavy atom. The molecule has 0 aliphatic carbocycles. The molecule has 76 valence electrons. The molecule has 1 aliphatic rings. The maximum absolute atomic E-state index is 4.69. The molecule has 1 fully saturated rings. The van der Waals surface area contributed by atoms with E-state index >= 15 is 0 Å². The second-order valence-electron chi connectivity index (χ2n) is 3.88. The minimum atomic E-state index is 0.288. The van der Waals surface area contributed by atoms with E-state index in [1.807, 2.05) is 0 Å². The molecule has 1 unspecified atom stereocenters. The fraction of sp³-hybridized carbons (Fsp3) is 0.500. The summed E-state index contributed by atoms with van der Waals surface area (Å²) in [5.41, 5.74) is 1.32. The summed E-state index contributed by atoms with van der Waals surface area (Å²) in [6.07, 6.45) is 4.03. The van der Waals surface area contributed by atoms with Gasteiger partial charge in [0.25, 0.3) is 0 Å². The third-order valence-corrected chi connectivity index (χ3v) is 3.46. The van der Waals surface area contributed by atoms with E-state index < -0.39 is 0 Å². The molecular weight excluding hydrogens is 190 g/mol. The quantitative estimate of drug-likeness (QED) is 0.729. The van der Waals surface area contributed by atoms with Crippen LogP contribution in [0.15, 0.2) is 30.3 Å². The lowest BCUT2D eigenvalue weighted by Crippen LogP contribution is -2.31. The van der Waals surface area contributed by atoms with Crippen LogP contribution in [0.4, 0.5) is 0 Å². The summed E-state index contributed by atoms with van der Waals surface area (Å²) in [4.78, 5) is 2.46. The second kappa shape index (κ2) is 4.85. The van der Waals surface area contributed by atoms with Gasteiger partial charge in [-0.2, -0.15) is 12.6 Å². The largest absolute Gasteiger partial charge is 0.288 e. The van der Waals surface area contributed by atoms with Gasteiger partial charge in [-0.3, -0.25) is 4.90 Å². The molecule has 1 aliphatic heterocycles. The molecule has 0 amide bonds. The summed E-state index contributed by atoms with van der Waals surface area (Å²) in [5, 5.41) is 0.288. The smallest absolute Gasteiger partial charge is 0.0784 e. The van der Waals surface area contributed by atoms with Crippen LogP contribution in [0.1, 0.15) is 30.2 Å². The van der Waals surface area contributed by atoms with Gasteiger partial charge in [0.05, 0.1) is 5.37 Å². The summed E-state index contributed by atoms with van der Waals surface area (Å²) in [6.45, 7) is 2.39. The highest BCUT2D eigenvalue weighted by Gasteiger charge is 2.18. The molecule has 0 saturated carbocycles. The number of nitrogens with zero attached hydrogens (tertiary/aromatic N) is 1. The lowest BCUT2D eigenvalue weighted by atomic mass is 10.1. The van der Waals surface area contributed by atoms with Crippen molar-refractivity contribution in [3.05, 3.63) is 35.9 Å². The van der Waals surface area contributed by atoms with E-state index in [4.69, 9.17) is 0 Å². The molecule has 1 saturated heterocycles. The van der Waals surface area contributed by atoms with Gasteiger partial charge in [0.2, 0.25) is 0 Å². The van der Waals surface area contributed by atoms with E-state index in [-0.39, 0.29) is 5.37 Å². The summed E-state index contributed by atoms with van der Waals surface area (Å²) in [7, 11) is 0. The van der Waals surface area contributed by atoms with Gasteiger partial charge in [0.1, 0.15) is 0 Å². The first-order valence-electron chi connectivity index (χ1n) is 5.35. The highest BCUT2D eigenvalue weighted by Crippen LogP contribution is 2.27. The molecule has 2 rings (SSSR count). The molecule has 0 bridgehead atoms. The number of likely N-dealkylation sites (tertiary alicyclic amines) is 1. The Kier molecular flexibility index (Phi) is 3.49. The van der Waals surface area contributed by atoms with Crippen LogP contribution in [0.3, 0.4) is 0 Å². The molecule has 1 aromatic carbocycles. The van der Waals surface area contributed by atoms with Gasteiger partial charge < -0.3 is 0 Å². The molecule has 1 atom stereocenters. The molecule has 0 radical (unpaired) electrons. The summed E-state index contributed by atoms with van der Waals surface area (Å²) < 4.78 is 0. The van der Waals surface area contributed by atoms with Crippen LogP contribution in [0.25, 0.3) is 0 Å². The van der Waals surface area contributed by atoms with E-state index in [9.17, 15) is 0 Å². The van der Waals surface area contributed by atoms with Crippen molar-refractivity contribution in [2.24, 2.45) is 0 Å². The first-order valence-corrected chi connectivity index (χ1v) is 5.86. The second-order valence-corrected chi connectivity index (χ2v) is 4.37. The Hall–Kier alpha value is -0.470. The van der Waals surface area contributed by atoms with Gasteiger partial charge in [0.15, 0.2) is 0 Å². The Morgan fingerprint density at radius 3 is 2.29 bits per heavy atom. The fourth-order valence-corrected chi connectivity index (χ4v) is 2.40. The Morgan fingerprint density at radius 1 is 1.00 bits per heavy atom. The van der Waals surface area contributed by atoms with Gasteiger partial charge in [0, 0.05) is 0 Å². The van der Waals surface area contributed by atoms with Crippen LogP contribution >= 0.6 is 12.6 Å². The van der Waals surface area contributed by atoms with E-state index in [2.05, 4.69) is 47.9 Å². The molecule has 0 spiro atoms. The third-order valence-electron chi connectivity index (χ3n) is 2.83. The predicted octanol–water partition coefficient (Wildman–Crippen LogP) is 3.10. The van der Waals surface area contributed by atoms with Crippen LogP contribution in [-0.4, -0.2) is 18.0 Å². The predicted molar refractivity (Wildman–Crippen MR) is 63.6 cm³/mol. The van der Waals surface area contributed by atoms with Crippen molar-refractivity contribution in [3.63, 3.8) is 0 Å². The van der Waals surface area contributed by atoms with Crippen LogP contribution in [0.5, 0.6) is 0 Å². The van der Waals surface area contributed by atoms with Crippen molar-refractivity contribution in [2.75, 3.05) is 13.1 Å². The highest BCUT2D eigenvalue weighted by molar-refractivity contribution is 7.80. The zero-order valence-electron chi connectivity index (χ0n) is 8.39. The van der Waals surface area contributed by atoms with Crippen LogP contribution in [-0.2, 0) is 0 Å². The zero-order chi connectivity index (χ0) is 9.80. The van der Waals surface area contributed by atoms with Gasteiger partial charge in [-0.05, 0) is 31.5 Å². The SMILES string of the molecule is SC(c1ccccc1)N1CCCCC1. The Bertz CT molecular complexity index is 267. The van der Waals surface area contributed by atoms with Gasteiger partial charge >= 0.3 is 0 Å². The highest BCUT2D eigenvalue weighted by atomic mass is 32.1. The third kappa shape index (κ3) is 2.31. The van der Waals surface area contributed by atoms with Gasteiger partial charge in [-0.1, -0.05) is 36.8 Å². The van der Waals surface area contributed by atoms with Crippen molar-refractivity contribution in [3.8, 4) is 0 Å². The molecular formula is C12H17NS. The topological polar surface area (TPSA) is 3.24 Å². The zero-order valence-corrected chi connectivity index (χ0v) is 9.29. The number of hydrogen-bond acceptors (Lipinski definition) is 2. The monoisotopic (exact) mass is 207 g/mol. The number of benzene rings is 1. The number of piperidine rings is 1. The minimum absolute atomic E-state index is 0.288. The molecule has 14 heavy (non-hydrogen) atoms. The fourth-order valence-electron chi connectivity index (χ4n) is 2.00. The van der Waals surface area contributed by atoms with Crippen molar-refractivity contribution >= 4 is 12.6 Å². The minimum Gasteiger partial charge on any atom is -0.288 e. The molecule has 1 nitrogen and oxygen atoms in total. The van der Waals surface area contributed by atoms with E-state index in [0.29, 0.717) is 0 Å². The van der Waals surface area contributed by atoms with Crippen molar-refractivity contribution in [1.29, 1.82) is 0 Å². The van der Waals surface area contributed by atoms with Crippen molar-refractivity contribution in [2.45, 2.75) is 24.6 Å². The van der Waals surface area contributed by atoms with Crippen LogP contribution in [0, 0.1) is 0 Å². The normalized spacial score (nSPS) is 20.6. The van der Waals surface area contributed by atoms with Crippen LogP contribution < -0.4 is 0 Å². The molecule has 1 aromatic rings. The first kappa shape index (κ1) is 10.1. The summed E-state index contributed by atoms with van der Waals surface area (Å²) >= 11 is 4.69. The van der Waals surface area contributed by atoms with Crippen molar-refractivity contribution < 1.29 is 0 Å². The molecule has 1 heterocycles. The van der Waals surface area contributed by atoms with E-state index in [0.717, 1.165) is 0 Å². The lowest BCUT2D eigenvalue weighted by molar-refractivity contribution is 0.216. The standard InChI is InChI=1S/C12H17NS/c14-12(11-7-3-1-4-8-11)13-9-5-2-6-10-13/h1,3-4,7-8,12,14H,2,5-6,9-10H2. The molecule has 0 aromatic heterocycles. The maximum Gasteiger partial charge on any atom is 0.0784 e. The molecule has 2 heteroatoms. The number of thiol groups is 1. The average molecular weight is 207 g/mol.